The average Bonchev–Trinajstić information content (AvgIpc) is 2.76. The lowest BCUT2D eigenvalue weighted by atomic mass is 10.0. The first-order valence-electron chi connectivity index (χ1n) is 5.97. The number of rotatable bonds is 5. The fraction of sp³-hybridized carbons (Fsp3) is 0.357. The first-order chi connectivity index (χ1) is 8.25. The lowest BCUT2D eigenvalue weighted by molar-refractivity contribution is 0.608. The van der Waals surface area contributed by atoms with Crippen LogP contribution >= 0.6 is 11.3 Å². The smallest absolute Gasteiger partial charge is 0.0897 e. The quantitative estimate of drug-likeness (QED) is 0.877. The zero-order valence-corrected chi connectivity index (χ0v) is 10.9. The minimum absolute atomic E-state index is 0.149. The molecule has 1 aromatic carbocycles. The minimum Gasteiger partial charge on any atom is -0.324 e. The van der Waals surface area contributed by atoms with Crippen LogP contribution in [0.25, 0.3) is 0 Å². The number of nitrogens with zero attached hydrogens (tertiary/aromatic N) is 1. The zero-order valence-electron chi connectivity index (χ0n) is 10.1. The molecule has 0 radical (unpaired) electrons. The molecule has 0 saturated carbocycles. The number of hydrogen-bond acceptors (Lipinski definition) is 3. The van der Waals surface area contributed by atoms with Crippen molar-refractivity contribution < 1.29 is 0 Å². The van der Waals surface area contributed by atoms with Gasteiger partial charge in [0.2, 0.25) is 0 Å². The third kappa shape index (κ3) is 3.65. The molecule has 1 heterocycles. The molecule has 0 aliphatic heterocycles. The van der Waals surface area contributed by atoms with Crippen molar-refractivity contribution in [2.75, 3.05) is 0 Å². The van der Waals surface area contributed by atoms with Gasteiger partial charge in [0.15, 0.2) is 0 Å². The Morgan fingerprint density at radius 1 is 1.29 bits per heavy atom. The highest BCUT2D eigenvalue weighted by Gasteiger charge is 2.05. The summed E-state index contributed by atoms with van der Waals surface area (Å²) in [5.74, 6) is 0. The van der Waals surface area contributed by atoms with Gasteiger partial charge in [-0.25, -0.2) is 4.98 Å². The topological polar surface area (TPSA) is 38.9 Å². The highest BCUT2D eigenvalue weighted by atomic mass is 32.1. The van der Waals surface area contributed by atoms with Crippen molar-refractivity contribution in [3.8, 4) is 0 Å². The largest absolute Gasteiger partial charge is 0.324 e. The summed E-state index contributed by atoms with van der Waals surface area (Å²) in [6.45, 7) is 2.05. The number of benzene rings is 1. The van der Waals surface area contributed by atoms with Crippen molar-refractivity contribution in [1.29, 1.82) is 0 Å². The van der Waals surface area contributed by atoms with Gasteiger partial charge in [-0.3, -0.25) is 0 Å². The second kappa shape index (κ2) is 5.94. The van der Waals surface area contributed by atoms with Crippen molar-refractivity contribution >= 4 is 11.3 Å². The molecule has 1 aromatic heterocycles. The molecule has 0 bridgehead atoms. The van der Waals surface area contributed by atoms with Crippen molar-refractivity contribution in [3.05, 3.63) is 52.0 Å². The van der Waals surface area contributed by atoms with Crippen molar-refractivity contribution in [1.82, 2.24) is 4.98 Å². The first-order valence-corrected chi connectivity index (χ1v) is 6.85. The standard InChI is InChI=1S/C14H18N2S/c1-11-16-13(10-17-11)8-5-9-14(15)12-6-3-2-4-7-12/h2-4,6-7,10,14H,5,8-9,15H2,1H3. The van der Waals surface area contributed by atoms with Crippen LogP contribution in [0.15, 0.2) is 35.7 Å². The van der Waals surface area contributed by atoms with E-state index in [0.717, 1.165) is 24.3 Å². The molecule has 1 atom stereocenters. The van der Waals surface area contributed by atoms with E-state index in [1.54, 1.807) is 11.3 Å². The van der Waals surface area contributed by atoms with Crippen LogP contribution in [0.3, 0.4) is 0 Å². The van der Waals surface area contributed by atoms with E-state index in [0.29, 0.717) is 0 Å². The lowest BCUT2D eigenvalue weighted by Gasteiger charge is -2.10. The van der Waals surface area contributed by atoms with Crippen molar-refractivity contribution in [2.45, 2.75) is 32.2 Å². The van der Waals surface area contributed by atoms with Crippen LogP contribution in [0.5, 0.6) is 0 Å². The van der Waals surface area contributed by atoms with Crippen LogP contribution < -0.4 is 5.73 Å². The maximum absolute atomic E-state index is 6.15. The third-order valence-electron chi connectivity index (χ3n) is 2.84. The van der Waals surface area contributed by atoms with E-state index in [4.69, 9.17) is 5.73 Å². The molecular weight excluding hydrogens is 228 g/mol. The molecule has 0 aliphatic rings. The first kappa shape index (κ1) is 12.3. The lowest BCUT2D eigenvalue weighted by Crippen LogP contribution is -2.10. The molecule has 1 unspecified atom stereocenters. The van der Waals surface area contributed by atoms with Crippen molar-refractivity contribution in [2.24, 2.45) is 5.73 Å². The molecule has 0 aliphatic carbocycles. The number of thiazole rings is 1. The second-order valence-corrected chi connectivity index (χ2v) is 5.33. The SMILES string of the molecule is Cc1nc(CCCC(N)c2ccccc2)cs1. The molecule has 2 N–H and O–H groups in total. The van der Waals surface area contributed by atoms with Gasteiger partial charge in [-0.15, -0.1) is 11.3 Å². The molecule has 0 fully saturated rings. The molecule has 0 saturated heterocycles. The Balaban J connectivity index is 1.79. The normalized spacial score (nSPS) is 12.6. The fourth-order valence-electron chi connectivity index (χ4n) is 1.89. The Morgan fingerprint density at radius 2 is 2.06 bits per heavy atom. The molecule has 17 heavy (non-hydrogen) atoms. The van der Waals surface area contributed by atoms with Crippen LogP contribution in [0.1, 0.15) is 35.1 Å². The van der Waals surface area contributed by atoms with E-state index in [-0.39, 0.29) is 6.04 Å². The van der Waals surface area contributed by atoms with Crippen LogP contribution in [0.2, 0.25) is 0 Å². The van der Waals surface area contributed by atoms with Crippen LogP contribution in [0, 0.1) is 6.92 Å². The highest BCUT2D eigenvalue weighted by molar-refractivity contribution is 7.09. The molecule has 2 aromatic rings. The number of hydrogen-bond donors (Lipinski definition) is 1. The van der Waals surface area contributed by atoms with Gasteiger partial charge in [0.05, 0.1) is 10.7 Å². The summed E-state index contributed by atoms with van der Waals surface area (Å²) in [6, 6.07) is 10.4. The predicted octanol–water partition coefficient (Wildman–Crippen LogP) is 3.47. The van der Waals surface area contributed by atoms with E-state index < -0.39 is 0 Å². The summed E-state index contributed by atoms with van der Waals surface area (Å²) < 4.78 is 0. The van der Waals surface area contributed by atoms with Gasteiger partial charge in [0, 0.05) is 11.4 Å². The monoisotopic (exact) mass is 246 g/mol. The summed E-state index contributed by atoms with van der Waals surface area (Å²) in [5.41, 5.74) is 8.57. The van der Waals surface area contributed by atoms with Gasteiger partial charge in [-0.1, -0.05) is 30.3 Å². The van der Waals surface area contributed by atoms with E-state index in [1.165, 1.54) is 11.3 Å². The van der Waals surface area contributed by atoms with E-state index in [9.17, 15) is 0 Å². The summed E-state index contributed by atoms with van der Waals surface area (Å²) in [7, 11) is 0. The van der Waals surface area contributed by atoms with Crippen LogP contribution in [0.4, 0.5) is 0 Å². The highest BCUT2D eigenvalue weighted by Crippen LogP contribution is 2.17. The average molecular weight is 246 g/mol. The van der Waals surface area contributed by atoms with E-state index >= 15 is 0 Å². The summed E-state index contributed by atoms with van der Waals surface area (Å²) in [4.78, 5) is 4.46. The second-order valence-electron chi connectivity index (χ2n) is 4.27. The van der Waals surface area contributed by atoms with E-state index in [2.05, 4.69) is 22.5 Å². The number of aryl methyl sites for hydroxylation is 2. The molecule has 2 nitrogen and oxygen atoms in total. The molecule has 2 rings (SSSR count). The maximum Gasteiger partial charge on any atom is 0.0897 e. The summed E-state index contributed by atoms with van der Waals surface area (Å²) >= 11 is 1.72. The Morgan fingerprint density at radius 3 is 2.71 bits per heavy atom. The summed E-state index contributed by atoms with van der Waals surface area (Å²) in [5, 5.41) is 3.29. The Hall–Kier alpha value is -1.19. The minimum atomic E-state index is 0.149. The Labute approximate surface area is 107 Å². The number of aromatic nitrogens is 1. The van der Waals surface area contributed by atoms with E-state index in [1.807, 2.05) is 25.1 Å². The van der Waals surface area contributed by atoms with Gasteiger partial charge in [0.1, 0.15) is 0 Å². The van der Waals surface area contributed by atoms with Crippen molar-refractivity contribution in [3.63, 3.8) is 0 Å². The maximum atomic E-state index is 6.15. The molecular formula is C14H18N2S. The number of nitrogens with two attached hydrogens (primary N) is 1. The van der Waals surface area contributed by atoms with Crippen LogP contribution in [-0.4, -0.2) is 4.98 Å². The van der Waals surface area contributed by atoms with Gasteiger partial charge in [-0.05, 0) is 31.7 Å². The third-order valence-corrected chi connectivity index (χ3v) is 3.66. The zero-order chi connectivity index (χ0) is 12.1. The van der Waals surface area contributed by atoms with Crippen LogP contribution in [-0.2, 0) is 6.42 Å². The molecule has 3 heteroatoms. The predicted molar refractivity (Wildman–Crippen MR) is 73.2 cm³/mol. The van der Waals surface area contributed by atoms with Gasteiger partial charge < -0.3 is 5.73 Å². The Kier molecular flexibility index (Phi) is 4.29. The molecule has 0 spiro atoms. The molecule has 0 amide bonds. The molecule has 90 valence electrons. The summed E-state index contributed by atoms with van der Waals surface area (Å²) in [6.07, 6.45) is 3.14. The van der Waals surface area contributed by atoms with Gasteiger partial charge >= 0.3 is 0 Å². The fourth-order valence-corrected chi connectivity index (χ4v) is 2.54. The van der Waals surface area contributed by atoms with Gasteiger partial charge in [-0.2, -0.15) is 0 Å². The Bertz CT molecular complexity index is 450. The van der Waals surface area contributed by atoms with Gasteiger partial charge in [0.25, 0.3) is 0 Å².